The molecule has 1 aliphatic heterocycles. The Morgan fingerprint density at radius 2 is 2.00 bits per heavy atom. The average Bonchev–Trinajstić information content (AvgIpc) is 2.63. The van der Waals surface area contributed by atoms with E-state index < -0.39 is 45.6 Å². The smallest absolute Gasteiger partial charge is 0.421 e. The van der Waals surface area contributed by atoms with Crippen LogP contribution in [0.25, 0.3) is 0 Å². The summed E-state index contributed by atoms with van der Waals surface area (Å²) in [5.41, 5.74) is -3.07. The van der Waals surface area contributed by atoms with Gasteiger partial charge in [-0.1, -0.05) is 6.58 Å². The van der Waals surface area contributed by atoms with Gasteiger partial charge < -0.3 is 10.1 Å². The summed E-state index contributed by atoms with van der Waals surface area (Å²) < 4.78 is 65.4. The van der Waals surface area contributed by atoms with Crippen molar-refractivity contribution in [2.24, 2.45) is 0 Å². The van der Waals surface area contributed by atoms with Gasteiger partial charge in [0.2, 0.25) is 15.5 Å². The molecular formula is C9H11F3N2O5S. The van der Waals surface area contributed by atoms with Crippen LogP contribution in [0.5, 0.6) is 0 Å². The molecule has 0 aromatic carbocycles. The zero-order valence-corrected chi connectivity index (χ0v) is 10.8. The molecular weight excluding hydrogens is 305 g/mol. The molecule has 1 atom stereocenters. The molecule has 7 nitrogen and oxygen atoms in total. The molecule has 2 N–H and O–H groups in total. The molecule has 1 rings (SSSR count). The molecule has 11 heteroatoms. The highest BCUT2D eigenvalue weighted by molar-refractivity contribution is 7.90. The molecule has 0 aromatic heterocycles. The number of nitrogens with one attached hydrogen (secondary N) is 2. The molecule has 0 bridgehead atoms. The highest BCUT2D eigenvalue weighted by Gasteiger charge is 2.37. The number of esters is 1. The third-order valence-electron chi connectivity index (χ3n) is 2.30. The van der Waals surface area contributed by atoms with E-state index >= 15 is 0 Å². The quantitative estimate of drug-likeness (QED) is 0.533. The maximum absolute atomic E-state index is 12.1. The van der Waals surface area contributed by atoms with E-state index in [1.807, 2.05) is 0 Å². The Bertz CT molecular complexity index is 528. The highest BCUT2D eigenvalue weighted by atomic mass is 32.2. The number of amides is 1. The lowest BCUT2D eigenvalue weighted by Gasteiger charge is -2.12. The minimum absolute atomic E-state index is 0.0251. The second-order valence-electron chi connectivity index (χ2n) is 3.81. The number of alkyl halides is 3. The molecule has 0 spiro atoms. The van der Waals surface area contributed by atoms with Crippen molar-refractivity contribution in [1.82, 2.24) is 10.0 Å². The van der Waals surface area contributed by atoms with Crippen LogP contribution in [0.2, 0.25) is 0 Å². The summed E-state index contributed by atoms with van der Waals surface area (Å²) in [4.78, 5) is 22.2. The van der Waals surface area contributed by atoms with Gasteiger partial charge in [-0.05, 0) is 0 Å². The topological polar surface area (TPSA) is 102 Å². The monoisotopic (exact) mass is 316 g/mol. The Hall–Kier alpha value is -1.62. The molecule has 1 unspecified atom stereocenters. The molecule has 1 aliphatic rings. The Kier molecular flexibility index (Phi) is 4.76. The van der Waals surface area contributed by atoms with E-state index in [0.29, 0.717) is 0 Å². The molecule has 0 aromatic rings. The number of halogens is 3. The fraction of sp³-hybridized carbons (Fsp3) is 0.556. The van der Waals surface area contributed by atoms with Gasteiger partial charge >= 0.3 is 12.1 Å². The van der Waals surface area contributed by atoms with Crippen LogP contribution in [0.4, 0.5) is 13.2 Å². The van der Waals surface area contributed by atoms with Gasteiger partial charge in [-0.2, -0.15) is 13.2 Å². The molecule has 20 heavy (non-hydrogen) atoms. The van der Waals surface area contributed by atoms with Gasteiger partial charge in [-0.25, -0.2) is 13.1 Å². The maximum Gasteiger partial charge on any atom is 0.421 e. The van der Waals surface area contributed by atoms with Gasteiger partial charge in [-0.15, -0.1) is 0 Å². The third-order valence-corrected chi connectivity index (χ3v) is 3.93. The maximum atomic E-state index is 12.1. The number of rotatable bonds is 4. The van der Waals surface area contributed by atoms with Crippen LogP contribution in [0, 0.1) is 0 Å². The van der Waals surface area contributed by atoms with E-state index in [1.54, 1.807) is 5.32 Å². The highest BCUT2D eigenvalue weighted by Crippen LogP contribution is 2.23. The summed E-state index contributed by atoms with van der Waals surface area (Å²) >= 11 is 0. The average molecular weight is 316 g/mol. The Morgan fingerprint density at radius 1 is 1.40 bits per heavy atom. The second-order valence-corrected chi connectivity index (χ2v) is 5.71. The fourth-order valence-electron chi connectivity index (χ4n) is 1.27. The van der Waals surface area contributed by atoms with E-state index in [4.69, 9.17) is 0 Å². The standard InChI is InChI=1S/C9H11F3N2O5S/c1-5(9(10,11)12)8(16)13-4-6(15)19-7-2-3-14-20(7,17)18/h7,14H,1-4H2,(H,13,16). The lowest BCUT2D eigenvalue weighted by atomic mass is 10.3. The molecule has 114 valence electrons. The first-order chi connectivity index (χ1) is 9.04. The molecule has 0 aliphatic carbocycles. The van der Waals surface area contributed by atoms with Gasteiger partial charge in [0, 0.05) is 13.0 Å². The Labute approximate surface area is 112 Å². The first-order valence-electron chi connectivity index (χ1n) is 5.26. The predicted octanol–water partition coefficient (Wildman–Crippen LogP) is -0.587. The Morgan fingerprint density at radius 3 is 2.45 bits per heavy atom. The van der Waals surface area contributed by atoms with Gasteiger partial charge in [0.1, 0.15) is 12.1 Å². The second kappa shape index (κ2) is 5.79. The van der Waals surface area contributed by atoms with Crippen molar-refractivity contribution < 1.29 is 35.9 Å². The van der Waals surface area contributed by atoms with E-state index in [2.05, 4.69) is 16.0 Å². The van der Waals surface area contributed by atoms with Gasteiger partial charge in [0.05, 0.1) is 0 Å². The van der Waals surface area contributed by atoms with Crippen LogP contribution >= 0.6 is 0 Å². The number of sulfonamides is 1. The summed E-state index contributed by atoms with van der Waals surface area (Å²) in [6.45, 7) is 1.74. The first-order valence-corrected chi connectivity index (χ1v) is 6.81. The SMILES string of the molecule is C=C(C(=O)NCC(=O)OC1CCNS1(=O)=O)C(F)(F)F. The van der Waals surface area contributed by atoms with Gasteiger partial charge in [0.25, 0.3) is 5.91 Å². The fourth-order valence-corrected chi connectivity index (χ4v) is 2.52. The number of carbonyl (C=O) groups excluding carboxylic acids is 2. The van der Waals surface area contributed by atoms with Crippen molar-refractivity contribution in [3.05, 3.63) is 12.2 Å². The zero-order chi connectivity index (χ0) is 15.6. The van der Waals surface area contributed by atoms with Gasteiger partial charge in [0.15, 0.2) is 0 Å². The molecule has 1 heterocycles. The van der Waals surface area contributed by atoms with Crippen molar-refractivity contribution in [3.8, 4) is 0 Å². The minimum Gasteiger partial charge on any atom is -0.443 e. The van der Waals surface area contributed by atoms with Crippen LogP contribution in [0.15, 0.2) is 12.2 Å². The summed E-state index contributed by atoms with van der Waals surface area (Å²) in [5, 5.41) is 1.64. The number of carbonyl (C=O) groups is 2. The van der Waals surface area contributed by atoms with Crippen molar-refractivity contribution >= 4 is 21.9 Å². The molecule has 1 fully saturated rings. The number of ether oxygens (including phenoxy) is 1. The lowest BCUT2D eigenvalue weighted by molar-refractivity contribution is -0.146. The summed E-state index contributed by atoms with van der Waals surface area (Å²) in [6.07, 6.45) is -4.88. The van der Waals surface area contributed by atoms with E-state index in [1.165, 1.54) is 0 Å². The van der Waals surface area contributed by atoms with E-state index in [0.717, 1.165) is 0 Å². The van der Waals surface area contributed by atoms with Crippen molar-refractivity contribution in [2.45, 2.75) is 18.0 Å². The largest absolute Gasteiger partial charge is 0.443 e. The number of hydrogen-bond acceptors (Lipinski definition) is 5. The van der Waals surface area contributed by atoms with E-state index in [-0.39, 0.29) is 13.0 Å². The summed E-state index contributed by atoms with van der Waals surface area (Å²) in [7, 11) is -3.76. The minimum atomic E-state index is -4.91. The normalized spacial score (nSPS) is 21.2. The van der Waals surface area contributed by atoms with Crippen LogP contribution in [0.1, 0.15) is 6.42 Å². The molecule has 1 amide bonds. The van der Waals surface area contributed by atoms with Crippen LogP contribution in [-0.2, 0) is 24.3 Å². The molecule has 0 saturated carbocycles. The molecule has 0 radical (unpaired) electrons. The molecule has 1 saturated heterocycles. The lowest BCUT2D eigenvalue weighted by Crippen LogP contribution is -2.37. The Balaban J connectivity index is 2.45. The first kappa shape index (κ1) is 16.4. The van der Waals surface area contributed by atoms with E-state index in [9.17, 15) is 31.2 Å². The predicted molar refractivity (Wildman–Crippen MR) is 59.6 cm³/mol. The number of hydrogen-bond donors (Lipinski definition) is 2. The van der Waals surface area contributed by atoms with Crippen molar-refractivity contribution in [1.29, 1.82) is 0 Å². The summed E-state index contributed by atoms with van der Waals surface area (Å²) in [6, 6.07) is 0. The van der Waals surface area contributed by atoms with Gasteiger partial charge in [-0.3, -0.25) is 9.59 Å². The third kappa shape index (κ3) is 4.20. The van der Waals surface area contributed by atoms with Crippen LogP contribution in [-0.4, -0.2) is 45.0 Å². The van der Waals surface area contributed by atoms with Crippen LogP contribution < -0.4 is 10.0 Å². The van der Waals surface area contributed by atoms with Crippen molar-refractivity contribution in [2.75, 3.05) is 13.1 Å². The summed E-state index contributed by atoms with van der Waals surface area (Å²) in [5.74, 6) is -2.74. The zero-order valence-electron chi connectivity index (χ0n) is 9.99. The van der Waals surface area contributed by atoms with Crippen molar-refractivity contribution in [3.63, 3.8) is 0 Å². The van der Waals surface area contributed by atoms with Crippen LogP contribution in [0.3, 0.4) is 0 Å².